The van der Waals surface area contributed by atoms with Crippen LogP contribution in [0.3, 0.4) is 0 Å². The van der Waals surface area contributed by atoms with Crippen molar-refractivity contribution >= 4 is 35.8 Å². The number of nitrogens with zero attached hydrogens (tertiary/aromatic N) is 2. The van der Waals surface area contributed by atoms with Crippen LogP contribution in [0.25, 0.3) is 0 Å². The SMILES string of the molecule is CN=C(NCCC(=O)N(C)C)NCC(C)(C)c1cccc(F)c1.I. The molecule has 0 aliphatic carbocycles. The molecule has 136 valence electrons. The quantitative estimate of drug-likeness (QED) is 0.398. The second-order valence-corrected chi connectivity index (χ2v) is 6.28. The van der Waals surface area contributed by atoms with E-state index >= 15 is 0 Å². The predicted molar refractivity (Wildman–Crippen MR) is 108 cm³/mol. The summed E-state index contributed by atoms with van der Waals surface area (Å²) >= 11 is 0. The predicted octanol–water partition coefficient (Wildman–Crippen LogP) is 2.36. The van der Waals surface area contributed by atoms with Crippen LogP contribution in [0.5, 0.6) is 0 Å². The molecule has 0 radical (unpaired) electrons. The second-order valence-electron chi connectivity index (χ2n) is 6.28. The van der Waals surface area contributed by atoms with Gasteiger partial charge in [0.1, 0.15) is 5.82 Å². The summed E-state index contributed by atoms with van der Waals surface area (Å²) < 4.78 is 13.4. The van der Waals surface area contributed by atoms with E-state index in [1.165, 1.54) is 6.07 Å². The Kier molecular flexibility index (Phi) is 9.88. The molecule has 1 aromatic carbocycles. The zero-order valence-electron chi connectivity index (χ0n) is 15.0. The van der Waals surface area contributed by atoms with E-state index in [0.29, 0.717) is 25.5 Å². The molecular weight excluding hydrogens is 422 g/mol. The molecular formula is C17H28FIN4O. The fraction of sp³-hybridized carbons (Fsp3) is 0.529. The molecule has 24 heavy (non-hydrogen) atoms. The molecule has 7 heteroatoms. The van der Waals surface area contributed by atoms with Crippen molar-refractivity contribution in [2.45, 2.75) is 25.7 Å². The normalized spacial score (nSPS) is 11.5. The van der Waals surface area contributed by atoms with Crippen LogP contribution in [0.15, 0.2) is 29.3 Å². The van der Waals surface area contributed by atoms with Crippen molar-refractivity contribution in [3.8, 4) is 0 Å². The summed E-state index contributed by atoms with van der Waals surface area (Å²) in [4.78, 5) is 17.2. The van der Waals surface area contributed by atoms with E-state index in [-0.39, 0.29) is 41.1 Å². The second kappa shape index (κ2) is 10.5. The Bertz CT molecular complexity index is 561. The first-order chi connectivity index (χ1) is 10.8. The number of hydrogen-bond acceptors (Lipinski definition) is 2. The van der Waals surface area contributed by atoms with Crippen molar-refractivity contribution in [3.63, 3.8) is 0 Å². The molecule has 0 aromatic heterocycles. The zero-order valence-corrected chi connectivity index (χ0v) is 17.3. The smallest absolute Gasteiger partial charge is 0.223 e. The Morgan fingerprint density at radius 1 is 1.29 bits per heavy atom. The van der Waals surface area contributed by atoms with Crippen LogP contribution in [0, 0.1) is 5.82 Å². The molecule has 0 atom stereocenters. The van der Waals surface area contributed by atoms with Crippen LogP contribution in [0.1, 0.15) is 25.8 Å². The van der Waals surface area contributed by atoms with Gasteiger partial charge in [-0.1, -0.05) is 26.0 Å². The molecule has 1 amide bonds. The van der Waals surface area contributed by atoms with Crippen LogP contribution in [-0.2, 0) is 10.2 Å². The number of benzene rings is 1. The minimum absolute atomic E-state index is 0. The van der Waals surface area contributed by atoms with Gasteiger partial charge in [-0.05, 0) is 17.7 Å². The molecule has 0 unspecified atom stereocenters. The highest BCUT2D eigenvalue weighted by molar-refractivity contribution is 14.0. The maximum atomic E-state index is 13.4. The van der Waals surface area contributed by atoms with Crippen LogP contribution in [0.2, 0.25) is 0 Å². The molecule has 0 saturated carbocycles. The molecule has 0 aliphatic heterocycles. The fourth-order valence-electron chi connectivity index (χ4n) is 2.05. The van der Waals surface area contributed by atoms with E-state index in [1.807, 2.05) is 19.9 Å². The summed E-state index contributed by atoms with van der Waals surface area (Å²) in [6, 6.07) is 6.62. The molecule has 1 rings (SSSR count). The number of nitrogens with one attached hydrogen (secondary N) is 2. The van der Waals surface area contributed by atoms with E-state index in [4.69, 9.17) is 0 Å². The van der Waals surface area contributed by atoms with Crippen molar-refractivity contribution in [3.05, 3.63) is 35.6 Å². The van der Waals surface area contributed by atoms with Gasteiger partial charge in [0.2, 0.25) is 5.91 Å². The van der Waals surface area contributed by atoms with Gasteiger partial charge >= 0.3 is 0 Å². The van der Waals surface area contributed by atoms with Crippen molar-refractivity contribution in [2.75, 3.05) is 34.2 Å². The third-order valence-corrected chi connectivity index (χ3v) is 3.66. The van der Waals surface area contributed by atoms with Gasteiger partial charge < -0.3 is 15.5 Å². The van der Waals surface area contributed by atoms with Crippen LogP contribution in [0.4, 0.5) is 4.39 Å². The Hall–Kier alpha value is -1.38. The molecule has 0 aliphatic rings. The lowest BCUT2D eigenvalue weighted by Crippen LogP contribution is -2.44. The van der Waals surface area contributed by atoms with Gasteiger partial charge in [-0.3, -0.25) is 9.79 Å². The Labute approximate surface area is 161 Å². The van der Waals surface area contributed by atoms with Crippen molar-refractivity contribution in [2.24, 2.45) is 4.99 Å². The highest BCUT2D eigenvalue weighted by Gasteiger charge is 2.21. The zero-order chi connectivity index (χ0) is 17.5. The Balaban J connectivity index is 0.00000529. The van der Waals surface area contributed by atoms with Gasteiger partial charge in [-0.2, -0.15) is 0 Å². The topological polar surface area (TPSA) is 56.7 Å². The Morgan fingerprint density at radius 2 is 1.96 bits per heavy atom. The first-order valence-corrected chi connectivity index (χ1v) is 7.67. The lowest BCUT2D eigenvalue weighted by atomic mass is 9.84. The number of rotatable bonds is 6. The number of carbonyl (C=O) groups is 1. The van der Waals surface area contributed by atoms with Crippen molar-refractivity contribution in [1.29, 1.82) is 0 Å². The number of aliphatic imine (C=N–C) groups is 1. The Morgan fingerprint density at radius 3 is 2.50 bits per heavy atom. The molecule has 5 nitrogen and oxygen atoms in total. The van der Waals surface area contributed by atoms with E-state index in [0.717, 1.165) is 5.56 Å². The average molecular weight is 450 g/mol. The minimum atomic E-state index is -0.251. The average Bonchev–Trinajstić information content (AvgIpc) is 2.50. The van der Waals surface area contributed by atoms with Crippen LogP contribution < -0.4 is 10.6 Å². The fourth-order valence-corrected chi connectivity index (χ4v) is 2.05. The van der Waals surface area contributed by atoms with Crippen LogP contribution in [-0.4, -0.2) is 51.0 Å². The van der Waals surface area contributed by atoms with Gasteiger partial charge in [0.05, 0.1) is 0 Å². The molecule has 2 N–H and O–H groups in total. The minimum Gasteiger partial charge on any atom is -0.356 e. The van der Waals surface area contributed by atoms with Crippen molar-refractivity contribution < 1.29 is 9.18 Å². The van der Waals surface area contributed by atoms with E-state index in [9.17, 15) is 9.18 Å². The van der Waals surface area contributed by atoms with Gasteiger partial charge in [0.15, 0.2) is 5.96 Å². The standard InChI is InChI=1S/C17H27FN4O.HI/c1-17(2,13-7-6-8-14(18)11-13)12-21-16(19-3)20-10-9-15(23)22(4)5;/h6-8,11H,9-10,12H2,1-5H3,(H2,19,20,21);1H. The molecule has 0 fully saturated rings. The monoisotopic (exact) mass is 450 g/mol. The number of halogens is 2. The van der Waals surface area contributed by atoms with Gasteiger partial charge in [-0.15, -0.1) is 24.0 Å². The number of hydrogen-bond donors (Lipinski definition) is 2. The highest BCUT2D eigenvalue weighted by atomic mass is 127. The summed E-state index contributed by atoms with van der Waals surface area (Å²) in [5.74, 6) is 0.453. The summed E-state index contributed by atoms with van der Waals surface area (Å²) in [5.41, 5.74) is 0.669. The summed E-state index contributed by atoms with van der Waals surface area (Å²) in [5, 5.41) is 6.33. The number of guanidine groups is 1. The molecule has 0 saturated heterocycles. The first kappa shape index (κ1) is 22.6. The molecule has 0 spiro atoms. The lowest BCUT2D eigenvalue weighted by Gasteiger charge is -2.27. The summed E-state index contributed by atoms with van der Waals surface area (Å²) in [7, 11) is 5.14. The maximum absolute atomic E-state index is 13.4. The number of carbonyl (C=O) groups excluding carboxylic acids is 1. The van der Waals surface area contributed by atoms with Gasteiger partial charge in [-0.25, -0.2) is 4.39 Å². The molecule has 1 aromatic rings. The number of amides is 1. The van der Waals surface area contributed by atoms with Gasteiger partial charge in [0.25, 0.3) is 0 Å². The summed E-state index contributed by atoms with van der Waals surface area (Å²) in [6.45, 7) is 5.18. The largest absolute Gasteiger partial charge is 0.356 e. The first-order valence-electron chi connectivity index (χ1n) is 7.67. The molecule has 0 bridgehead atoms. The van der Waals surface area contributed by atoms with Gasteiger partial charge in [0, 0.05) is 46.1 Å². The summed E-state index contributed by atoms with van der Waals surface area (Å²) in [6.07, 6.45) is 0.404. The van der Waals surface area contributed by atoms with E-state index in [1.54, 1.807) is 38.2 Å². The lowest BCUT2D eigenvalue weighted by molar-refractivity contribution is -0.128. The third kappa shape index (κ3) is 7.46. The maximum Gasteiger partial charge on any atom is 0.223 e. The highest BCUT2D eigenvalue weighted by Crippen LogP contribution is 2.22. The van der Waals surface area contributed by atoms with Crippen LogP contribution >= 0.6 is 24.0 Å². The van der Waals surface area contributed by atoms with E-state index in [2.05, 4.69) is 15.6 Å². The van der Waals surface area contributed by atoms with E-state index < -0.39 is 0 Å². The third-order valence-electron chi connectivity index (χ3n) is 3.66. The van der Waals surface area contributed by atoms with Crippen molar-refractivity contribution in [1.82, 2.24) is 15.5 Å². The molecule has 0 heterocycles.